The van der Waals surface area contributed by atoms with Crippen molar-refractivity contribution >= 4 is 23.0 Å². The van der Waals surface area contributed by atoms with Crippen LogP contribution < -0.4 is 15.0 Å². The van der Waals surface area contributed by atoms with E-state index >= 15 is 0 Å². The molecule has 40 heavy (non-hydrogen) atoms. The van der Waals surface area contributed by atoms with Crippen LogP contribution in [0, 0.1) is 6.92 Å². The largest absolute Gasteiger partial charge is 0.456 e. The van der Waals surface area contributed by atoms with E-state index in [9.17, 15) is 4.79 Å². The third kappa shape index (κ3) is 3.87. The van der Waals surface area contributed by atoms with Gasteiger partial charge in [-0.1, -0.05) is 55.7 Å². The van der Waals surface area contributed by atoms with Gasteiger partial charge in [0.05, 0.1) is 5.56 Å². The van der Waals surface area contributed by atoms with Crippen LogP contribution in [0.1, 0.15) is 71.6 Å². The van der Waals surface area contributed by atoms with Gasteiger partial charge in [-0.05, 0) is 74.7 Å². The van der Waals surface area contributed by atoms with Crippen molar-refractivity contribution in [1.29, 1.82) is 0 Å². The van der Waals surface area contributed by atoms with Crippen LogP contribution in [0.5, 0.6) is 11.5 Å². The van der Waals surface area contributed by atoms with Gasteiger partial charge >= 0.3 is 5.97 Å². The number of rotatable bonds is 5. The van der Waals surface area contributed by atoms with Gasteiger partial charge in [0.2, 0.25) is 0 Å². The van der Waals surface area contributed by atoms with Crippen LogP contribution in [0.2, 0.25) is 0 Å². The van der Waals surface area contributed by atoms with Crippen LogP contribution in [0.3, 0.4) is 0 Å². The van der Waals surface area contributed by atoms with E-state index in [4.69, 9.17) is 9.47 Å². The second-order valence-electron chi connectivity index (χ2n) is 11.1. The zero-order valence-electron chi connectivity index (χ0n) is 23.1. The Morgan fingerprint density at radius 3 is 2.40 bits per heavy atom. The van der Waals surface area contributed by atoms with E-state index in [-0.39, 0.29) is 5.97 Å². The van der Waals surface area contributed by atoms with Gasteiger partial charge in [-0.2, -0.15) is 0 Å². The molecule has 0 bridgehead atoms. The van der Waals surface area contributed by atoms with E-state index in [1.807, 2.05) is 54.6 Å². The predicted molar refractivity (Wildman–Crippen MR) is 159 cm³/mol. The fraction of sp³-hybridized carbons (Fsp3) is 0.286. The normalized spacial score (nSPS) is 19.3. The minimum Gasteiger partial charge on any atom is -0.456 e. The number of carbonyl (C=O) groups excluding carboxylic acids is 1. The molecule has 5 heteroatoms. The molecule has 3 aliphatic rings. The van der Waals surface area contributed by atoms with Crippen molar-refractivity contribution in [2.45, 2.75) is 57.6 Å². The van der Waals surface area contributed by atoms with Gasteiger partial charge < -0.3 is 19.7 Å². The van der Waals surface area contributed by atoms with Gasteiger partial charge in [-0.15, -0.1) is 0 Å². The Bertz CT molecular complexity index is 1590. The number of fused-ring (bicyclic) bond motifs is 6. The Hall–Kier alpha value is -4.25. The summed E-state index contributed by atoms with van der Waals surface area (Å²) < 4.78 is 13.1. The molecule has 7 rings (SSSR count). The summed E-state index contributed by atoms with van der Waals surface area (Å²) in [5, 5.41) is 3.55. The Kier molecular flexibility index (Phi) is 6.03. The molecule has 5 nitrogen and oxygen atoms in total. The zero-order valence-corrected chi connectivity index (χ0v) is 23.1. The molecule has 0 aromatic heterocycles. The molecule has 2 aliphatic heterocycles. The molecule has 1 atom stereocenters. The first-order valence-corrected chi connectivity index (χ1v) is 14.5. The molecule has 0 radical (unpaired) electrons. The average Bonchev–Trinajstić information content (AvgIpc) is 3.28. The van der Waals surface area contributed by atoms with Gasteiger partial charge in [0.15, 0.2) is 5.60 Å². The third-order valence-corrected chi connectivity index (χ3v) is 8.78. The standard InChI is InChI=1S/C35H34N2O3/c1-3-37(25-14-8-5-9-15-25)26-18-19-29-33(21-26)39-32-20-23(2)31(36-24-12-6-4-7-13-24)22-30(32)35(29)28-17-11-10-16-27(28)34(38)40-35/h4,6-7,10-13,16-22,25,36H,3,5,8-9,14-15H2,1-2H3. The molecule has 0 saturated heterocycles. The summed E-state index contributed by atoms with van der Waals surface area (Å²) >= 11 is 0. The Labute approximate surface area is 235 Å². The van der Waals surface area contributed by atoms with Crippen molar-refractivity contribution in [3.05, 3.63) is 113 Å². The van der Waals surface area contributed by atoms with Crippen molar-refractivity contribution in [2.24, 2.45) is 0 Å². The molecule has 4 aromatic carbocycles. The SMILES string of the molecule is CCN(c1ccc2c(c1)Oc1cc(C)c(Nc3ccccc3)cc1C21OC(=O)c2ccccc21)C1CCCCC1. The number of hydrogen-bond donors (Lipinski definition) is 1. The Morgan fingerprint density at radius 2 is 1.60 bits per heavy atom. The quantitative estimate of drug-likeness (QED) is 0.262. The molecule has 1 unspecified atom stereocenters. The van der Waals surface area contributed by atoms with E-state index in [2.05, 4.69) is 54.4 Å². The lowest BCUT2D eigenvalue weighted by atomic mass is 9.77. The number of aryl methyl sites for hydroxylation is 1. The topological polar surface area (TPSA) is 50.8 Å². The minimum absolute atomic E-state index is 0.311. The van der Waals surface area contributed by atoms with Crippen molar-refractivity contribution in [2.75, 3.05) is 16.8 Å². The first-order chi connectivity index (χ1) is 19.6. The minimum atomic E-state index is -1.09. The maximum absolute atomic E-state index is 13.3. The molecule has 0 amide bonds. The fourth-order valence-electron chi connectivity index (χ4n) is 6.84. The number of para-hydroxylation sites is 1. The van der Waals surface area contributed by atoms with Crippen molar-refractivity contribution in [3.63, 3.8) is 0 Å². The number of ether oxygens (including phenoxy) is 2. The molecule has 202 valence electrons. The second kappa shape index (κ2) is 9.74. The smallest absolute Gasteiger partial charge is 0.340 e. The molecule has 1 fully saturated rings. The number of hydrogen-bond acceptors (Lipinski definition) is 5. The lowest BCUT2D eigenvalue weighted by Crippen LogP contribution is -2.37. The summed E-state index contributed by atoms with van der Waals surface area (Å²) in [7, 11) is 0. The number of esters is 1. The number of benzene rings is 4. The van der Waals surface area contributed by atoms with Crippen LogP contribution in [0.4, 0.5) is 17.1 Å². The summed E-state index contributed by atoms with van der Waals surface area (Å²) in [6.45, 7) is 5.24. The van der Waals surface area contributed by atoms with Gasteiger partial charge in [-0.25, -0.2) is 4.79 Å². The monoisotopic (exact) mass is 530 g/mol. The lowest BCUT2D eigenvalue weighted by molar-refractivity contribution is 0.0224. The number of nitrogens with zero attached hydrogens (tertiary/aromatic N) is 1. The molecule has 4 aromatic rings. The maximum Gasteiger partial charge on any atom is 0.340 e. The predicted octanol–water partition coefficient (Wildman–Crippen LogP) is 8.47. The summed E-state index contributed by atoms with van der Waals surface area (Å²) in [6, 6.07) is 29.0. The molecule has 1 saturated carbocycles. The molecule has 1 aliphatic carbocycles. The molecule has 1 N–H and O–H groups in total. The molecular formula is C35H34N2O3. The molecular weight excluding hydrogens is 496 g/mol. The first-order valence-electron chi connectivity index (χ1n) is 14.5. The highest BCUT2D eigenvalue weighted by Crippen LogP contribution is 2.57. The van der Waals surface area contributed by atoms with E-state index in [0.717, 1.165) is 51.6 Å². The van der Waals surface area contributed by atoms with Crippen molar-refractivity contribution < 1.29 is 14.3 Å². The van der Waals surface area contributed by atoms with Crippen LogP contribution in [0.15, 0.2) is 84.9 Å². The van der Waals surface area contributed by atoms with Crippen molar-refractivity contribution in [1.82, 2.24) is 0 Å². The highest BCUT2D eigenvalue weighted by molar-refractivity contribution is 5.97. The second-order valence-corrected chi connectivity index (χ2v) is 11.1. The highest BCUT2D eigenvalue weighted by atomic mass is 16.6. The van der Waals surface area contributed by atoms with E-state index in [1.165, 1.54) is 32.1 Å². The van der Waals surface area contributed by atoms with Gasteiger partial charge in [0.25, 0.3) is 0 Å². The van der Waals surface area contributed by atoms with Crippen LogP contribution in [0.25, 0.3) is 0 Å². The van der Waals surface area contributed by atoms with E-state index in [0.29, 0.717) is 17.4 Å². The number of carbonyl (C=O) groups is 1. The van der Waals surface area contributed by atoms with Crippen LogP contribution >= 0.6 is 0 Å². The zero-order chi connectivity index (χ0) is 27.3. The summed E-state index contributed by atoms with van der Waals surface area (Å²) in [6.07, 6.45) is 6.33. The third-order valence-electron chi connectivity index (χ3n) is 8.78. The molecule has 1 spiro atoms. The average molecular weight is 531 g/mol. The summed E-state index contributed by atoms with van der Waals surface area (Å²) in [4.78, 5) is 15.9. The highest BCUT2D eigenvalue weighted by Gasteiger charge is 2.53. The van der Waals surface area contributed by atoms with Gasteiger partial charge in [-0.3, -0.25) is 0 Å². The van der Waals surface area contributed by atoms with Gasteiger partial charge in [0, 0.05) is 52.4 Å². The van der Waals surface area contributed by atoms with Crippen LogP contribution in [-0.2, 0) is 10.3 Å². The van der Waals surface area contributed by atoms with E-state index < -0.39 is 5.60 Å². The first kappa shape index (κ1) is 24.8. The lowest BCUT2D eigenvalue weighted by Gasteiger charge is -2.39. The Balaban J connectivity index is 1.39. The maximum atomic E-state index is 13.3. The van der Waals surface area contributed by atoms with Crippen molar-refractivity contribution in [3.8, 4) is 11.5 Å². The molecule has 2 heterocycles. The van der Waals surface area contributed by atoms with Gasteiger partial charge in [0.1, 0.15) is 11.5 Å². The Morgan fingerprint density at radius 1 is 0.850 bits per heavy atom. The number of nitrogens with one attached hydrogen (secondary N) is 1. The fourth-order valence-corrected chi connectivity index (χ4v) is 6.84. The number of anilines is 3. The van der Waals surface area contributed by atoms with E-state index in [1.54, 1.807) is 0 Å². The summed E-state index contributed by atoms with van der Waals surface area (Å²) in [5.41, 5.74) is 6.20. The van der Waals surface area contributed by atoms with Crippen LogP contribution in [-0.4, -0.2) is 18.6 Å². The summed E-state index contributed by atoms with van der Waals surface area (Å²) in [5.74, 6) is 1.15.